The zero-order chi connectivity index (χ0) is 19.2. The highest BCUT2D eigenvalue weighted by atomic mass is 19.1. The van der Waals surface area contributed by atoms with Crippen LogP contribution < -0.4 is 5.32 Å². The fraction of sp³-hybridized carbons (Fsp3) is 0.381. The minimum Gasteiger partial charge on any atom is -0.352 e. The van der Waals surface area contributed by atoms with Crippen molar-refractivity contribution in [3.05, 3.63) is 71.3 Å². The third-order valence-corrected chi connectivity index (χ3v) is 4.96. The third-order valence-electron chi connectivity index (χ3n) is 4.96. The lowest BCUT2D eigenvalue weighted by atomic mass is 10.0. The van der Waals surface area contributed by atoms with Crippen molar-refractivity contribution in [1.82, 2.24) is 15.1 Å². The van der Waals surface area contributed by atoms with Gasteiger partial charge in [0, 0.05) is 38.8 Å². The summed E-state index contributed by atoms with van der Waals surface area (Å²) in [5.41, 5.74) is 1.03. The molecule has 0 aromatic heterocycles. The largest absolute Gasteiger partial charge is 0.352 e. The SMILES string of the molecule is CN1CCN(CCCNC(=O)c2cc(F)ccc2F)[C@H](c2ccccc2)C1. The van der Waals surface area contributed by atoms with Crippen LogP contribution >= 0.6 is 0 Å². The first kappa shape index (κ1) is 19.5. The Morgan fingerprint density at radius 3 is 2.70 bits per heavy atom. The zero-order valence-corrected chi connectivity index (χ0v) is 15.5. The lowest BCUT2D eigenvalue weighted by Crippen LogP contribution is -2.47. The standard InChI is InChI=1S/C21H25F2N3O/c1-25-12-13-26(20(15-25)16-6-3-2-4-7-16)11-5-10-24-21(27)18-14-17(22)8-9-19(18)23/h2-4,6-9,14,20H,5,10-13,15H2,1H3,(H,24,27)/t20-/m0/s1. The van der Waals surface area contributed by atoms with Crippen LogP contribution in [0.15, 0.2) is 48.5 Å². The van der Waals surface area contributed by atoms with Gasteiger partial charge in [0.2, 0.25) is 0 Å². The molecule has 1 atom stereocenters. The van der Waals surface area contributed by atoms with Crippen molar-refractivity contribution in [3.63, 3.8) is 0 Å². The molecular formula is C21H25F2N3O. The van der Waals surface area contributed by atoms with E-state index in [0.29, 0.717) is 12.6 Å². The van der Waals surface area contributed by atoms with Gasteiger partial charge in [0.05, 0.1) is 5.56 Å². The van der Waals surface area contributed by atoms with Gasteiger partial charge < -0.3 is 10.2 Å². The monoisotopic (exact) mass is 373 g/mol. The second-order valence-electron chi connectivity index (χ2n) is 6.96. The Balaban J connectivity index is 1.53. The van der Waals surface area contributed by atoms with Crippen LogP contribution in [-0.4, -0.2) is 55.5 Å². The third kappa shape index (κ3) is 5.11. The van der Waals surface area contributed by atoms with E-state index in [9.17, 15) is 13.6 Å². The molecule has 0 unspecified atom stereocenters. The Hall–Kier alpha value is -2.31. The van der Waals surface area contributed by atoms with Gasteiger partial charge >= 0.3 is 0 Å². The molecule has 0 bridgehead atoms. The molecule has 0 saturated carbocycles. The Bertz CT molecular complexity index is 769. The van der Waals surface area contributed by atoms with Gasteiger partial charge in [-0.1, -0.05) is 30.3 Å². The van der Waals surface area contributed by atoms with E-state index < -0.39 is 17.5 Å². The van der Waals surface area contributed by atoms with Gasteiger partial charge in [-0.15, -0.1) is 0 Å². The summed E-state index contributed by atoms with van der Waals surface area (Å²) in [5, 5.41) is 2.69. The van der Waals surface area contributed by atoms with E-state index in [-0.39, 0.29) is 5.56 Å². The summed E-state index contributed by atoms with van der Waals surface area (Å²) >= 11 is 0. The molecule has 1 fully saturated rings. The Labute approximate surface area is 158 Å². The molecule has 6 heteroatoms. The number of rotatable bonds is 6. The van der Waals surface area contributed by atoms with Crippen molar-refractivity contribution in [1.29, 1.82) is 0 Å². The number of benzene rings is 2. The van der Waals surface area contributed by atoms with Crippen LogP contribution in [0.1, 0.15) is 28.4 Å². The highest BCUT2D eigenvalue weighted by Crippen LogP contribution is 2.24. The topological polar surface area (TPSA) is 35.6 Å². The molecule has 144 valence electrons. The molecule has 27 heavy (non-hydrogen) atoms. The summed E-state index contributed by atoms with van der Waals surface area (Å²) in [6.07, 6.45) is 0.746. The molecule has 2 aromatic rings. The van der Waals surface area contributed by atoms with Crippen LogP contribution in [0.3, 0.4) is 0 Å². The van der Waals surface area contributed by atoms with Crippen LogP contribution in [0.2, 0.25) is 0 Å². The second kappa shape index (κ2) is 9.06. The fourth-order valence-electron chi connectivity index (χ4n) is 3.47. The van der Waals surface area contributed by atoms with Gasteiger partial charge in [0.15, 0.2) is 0 Å². The van der Waals surface area contributed by atoms with Crippen LogP contribution in [0.4, 0.5) is 8.78 Å². The number of nitrogens with zero attached hydrogens (tertiary/aromatic N) is 2. The molecule has 1 aliphatic rings. The first-order valence-corrected chi connectivity index (χ1v) is 9.25. The second-order valence-corrected chi connectivity index (χ2v) is 6.96. The molecule has 1 N–H and O–H groups in total. The predicted octanol–water partition coefficient (Wildman–Crippen LogP) is 3.07. The summed E-state index contributed by atoms with van der Waals surface area (Å²) in [7, 11) is 2.13. The molecule has 2 aromatic carbocycles. The van der Waals surface area contributed by atoms with Crippen LogP contribution in [0, 0.1) is 11.6 Å². The number of halogens is 2. The first-order valence-electron chi connectivity index (χ1n) is 9.25. The average Bonchev–Trinajstić information content (AvgIpc) is 2.68. The van der Waals surface area contributed by atoms with Gasteiger partial charge in [-0.2, -0.15) is 0 Å². The Kier molecular flexibility index (Phi) is 6.53. The number of piperazine rings is 1. The first-order chi connectivity index (χ1) is 13.0. The lowest BCUT2D eigenvalue weighted by Gasteiger charge is -2.40. The summed E-state index contributed by atoms with van der Waals surface area (Å²) in [4.78, 5) is 16.8. The number of hydrogen-bond donors (Lipinski definition) is 1. The van der Waals surface area contributed by atoms with Gasteiger partial charge in [-0.25, -0.2) is 8.78 Å². The highest BCUT2D eigenvalue weighted by Gasteiger charge is 2.26. The minimum atomic E-state index is -0.711. The number of nitrogens with one attached hydrogen (secondary N) is 1. The summed E-state index contributed by atoms with van der Waals surface area (Å²) in [6.45, 7) is 4.18. The van der Waals surface area contributed by atoms with Crippen molar-refractivity contribution in [2.24, 2.45) is 0 Å². The number of hydrogen-bond acceptors (Lipinski definition) is 3. The van der Waals surface area contributed by atoms with Gasteiger partial charge in [-0.05, 0) is 37.2 Å². The van der Waals surface area contributed by atoms with Gasteiger partial charge in [0.25, 0.3) is 5.91 Å². The van der Waals surface area contributed by atoms with E-state index in [0.717, 1.165) is 50.8 Å². The van der Waals surface area contributed by atoms with Crippen molar-refractivity contribution >= 4 is 5.91 Å². The van der Waals surface area contributed by atoms with Crippen molar-refractivity contribution < 1.29 is 13.6 Å². The summed E-state index contributed by atoms with van der Waals surface area (Å²) < 4.78 is 26.9. The van der Waals surface area contributed by atoms with E-state index in [1.807, 2.05) is 6.07 Å². The molecule has 3 rings (SSSR count). The van der Waals surface area contributed by atoms with Gasteiger partial charge in [0.1, 0.15) is 11.6 Å². The van der Waals surface area contributed by atoms with Crippen LogP contribution in [0.25, 0.3) is 0 Å². The molecule has 1 heterocycles. The smallest absolute Gasteiger partial charge is 0.254 e. The average molecular weight is 373 g/mol. The van der Waals surface area contributed by atoms with Crippen molar-refractivity contribution in [2.45, 2.75) is 12.5 Å². The summed E-state index contributed by atoms with van der Waals surface area (Å²) in [5.74, 6) is -1.91. The molecule has 0 radical (unpaired) electrons. The maximum absolute atomic E-state index is 13.7. The Morgan fingerprint density at radius 2 is 1.93 bits per heavy atom. The van der Waals surface area contributed by atoms with E-state index in [2.05, 4.69) is 46.4 Å². The van der Waals surface area contributed by atoms with Crippen LogP contribution in [0.5, 0.6) is 0 Å². The minimum absolute atomic E-state index is 0.253. The van der Waals surface area contributed by atoms with E-state index >= 15 is 0 Å². The molecule has 4 nitrogen and oxygen atoms in total. The number of likely N-dealkylation sites (N-methyl/N-ethyl adjacent to an activating group) is 1. The highest BCUT2D eigenvalue weighted by molar-refractivity contribution is 5.94. The number of amides is 1. The maximum Gasteiger partial charge on any atom is 0.254 e. The number of carbonyl (C=O) groups excluding carboxylic acids is 1. The van der Waals surface area contributed by atoms with Gasteiger partial charge in [-0.3, -0.25) is 9.69 Å². The number of carbonyl (C=O) groups is 1. The molecular weight excluding hydrogens is 348 g/mol. The van der Waals surface area contributed by atoms with E-state index in [1.165, 1.54) is 5.56 Å². The molecule has 1 amide bonds. The lowest BCUT2D eigenvalue weighted by molar-refractivity contribution is 0.0864. The van der Waals surface area contributed by atoms with Crippen molar-refractivity contribution in [2.75, 3.05) is 39.8 Å². The molecule has 1 saturated heterocycles. The Morgan fingerprint density at radius 1 is 1.15 bits per heavy atom. The van der Waals surface area contributed by atoms with Crippen LogP contribution in [-0.2, 0) is 0 Å². The fourth-order valence-corrected chi connectivity index (χ4v) is 3.47. The van der Waals surface area contributed by atoms with E-state index in [4.69, 9.17) is 0 Å². The quantitative estimate of drug-likeness (QED) is 0.791. The summed E-state index contributed by atoms with van der Waals surface area (Å²) in [6, 6.07) is 13.6. The zero-order valence-electron chi connectivity index (χ0n) is 15.5. The molecule has 0 aliphatic carbocycles. The molecule has 1 aliphatic heterocycles. The maximum atomic E-state index is 13.7. The van der Waals surface area contributed by atoms with Crippen molar-refractivity contribution in [3.8, 4) is 0 Å². The predicted molar refractivity (Wildman–Crippen MR) is 102 cm³/mol. The molecule has 0 spiro atoms. The normalized spacial score (nSPS) is 18.4. The van der Waals surface area contributed by atoms with E-state index in [1.54, 1.807) is 0 Å².